The van der Waals surface area contributed by atoms with Gasteiger partial charge in [-0.1, -0.05) is 15.9 Å². The number of carbonyl (C=O) groups excluding carboxylic acids is 1. The van der Waals surface area contributed by atoms with Gasteiger partial charge in [-0.15, -0.1) is 0 Å². The molecule has 0 spiro atoms. The van der Waals surface area contributed by atoms with Crippen molar-refractivity contribution in [3.8, 4) is 0 Å². The van der Waals surface area contributed by atoms with E-state index in [1.165, 1.54) is 0 Å². The van der Waals surface area contributed by atoms with Crippen molar-refractivity contribution in [2.75, 3.05) is 18.8 Å². The van der Waals surface area contributed by atoms with Crippen LogP contribution >= 0.6 is 15.9 Å². The smallest absolute Gasteiger partial charge is 0.222 e. The molecule has 0 aliphatic carbocycles. The van der Waals surface area contributed by atoms with Crippen LogP contribution in [0.3, 0.4) is 0 Å². The quantitative estimate of drug-likeness (QED) is 0.847. The lowest BCUT2D eigenvalue weighted by molar-refractivity contribution is -0.130. The van der Waals surface area contributed by atoms with E-state index in [0.717, 1.165) is 10.9 Å². The number of sulfone groups is 1. The molecule has 1 aromatic carbocycles. The van der Waals surface area contributed by atoms with E-state index in [1.807, 2.05) is 0 Å². The van der Waals surface area contributed by atoms with Crippen molar-refractivity contribution >= 4 is 31.7 Å². The number of likely N-dealkylation sites (tertiary alicyclic amines) is 1. The lowest BCUT2D eigenvalue weighted by Gasteiger charge is -2.15. The van der Waals surface area contributed by atoms with Crippen LogP contribution in [0.1, 0.15) is 19.3 Å². The van der Waals surface area contributed by atoms with Crippen LogP contribution < -0.4 is 5.73 Å². The maximum Gasteiger partial charge on any atom is 0.222 e. The first-order valence-electron chi connectivity index (χ1n) is 6.90. The number of benzene rings is 1. The fourth-order valence-corrected chi connectivity index (χ4v) is 3.92. The van der Waals surface area contributed by atoms with Gasteiger partial charge in [0, 0.05) is 30.0 Å². The standard InChI is InChI=1S/C14H19BrN2O3S/c15-11-3-5-13(6-4-11)21(19,20)9-1-2-14(18)17-8-7-12(16)10-17/h3-6,12H,1-2,7-10,16H2. The van der Waals surface area contributed by atoms with Crippen LogP contribution in [-0.4, -0.2) is 44.1 Å². The van der Waals surface area contributed by atoms with Crippen LogP contribution in [0.15, 0.2) is 33.6 Å². The summed E-state index contributed by atoms with van der Waals surface area (Å²) in [5.74, 6) is -0.0192. The topological polar surface area (TPSA) is 80.5 Å². The summed E-state index contributed by atoms with van der Waals surface area (Å²) >= 11 is 3.27. The van der Waals surface area contributed by atoms with Crippen LogP contribution in [0, 0.1) is 0 Å². The van der Waals surface area contributed by atoms with Crippen molar-refractivity contribution in [3.05, 3.63) is 28.7 Å². The molecule has 0 aromatic heterocycles. The van der Waals surface area contributed by atoms with Crippen molar-refractivity contribution in [1.29, 1.82) is 0 Å². The van der Waals surface area contributed by atoms with Crippen molar-refractivity contribution in [3.63, 3.8) is 0 Å². The number of nitrogens with two attached hydrogens (primary N) is 1. The summed E-state index contributed by atoms with van der Waals surface area (Å²) in [4.78, 5) is 13.9. The van der Waals surface area contributed by atoms with Crippen LogP contribution in [0.2, 0.25) is 0 Å². The summed E-state index contributed by atoms with van der Waals surface area (Å²) < 4.78 is 25.1. The van der Waals surface area contributed by atoms with Gasteiger partial charge in [0.15, 0.2) is 9.84 Å². The molecule has 0 bridgehead atoms. The monoisotopic (exact) mass is 374 g/mol. The Labute approximate surface area is 133 Å². The normalized spacial score (nSPS) is 19.0. The van der Waals surface area contributed by atoms with Crippen molar-refractivity contribution < 1.29 is 13.2 Å². The molecule has 1 fully saturated rings. The number of hydrogen-bond acceptors (Lipinski definition) is 4. The van der Waals surface area contributed by atoms with Gasteiger partial charge in [-0.2, -0.15) is 0 Å². The zero-order valence-electron chi connectivity index (χ0n) is 11.7. The number of halogens is 1. The largest absolute Gasteiger partial charge is 0.341 e. The first-order valence-corrected chi connectivity index (χ1v) is 9.35. The van der Waals surface area contributed by atoms with E-state index in [0.29, 0.717) is 24.4 Å². The molecular weight excluding hydrogens is 356 g/mol. The van der Waals surface area contributed by atoms with E-state index < -0.39 is 9.84 Å². The fraction of sp³-hybridized carbons (Fsp3) is 0.500. The summed E-state index contributed by atoms with van der Waals surface area (Å²) in [6.45, 7) is 1.26. The van der Waals surface area contributed by atoms with Crippen LogP contribution in [0.4, 0.5) is 0 Å². The number of carbonyl (C=O) groups is 1. The SMILES string of the molecule is NC1CCN(C(=O)CCCS(=O)(=O)c2ccc(Br)cc2)C1. The van der Waals surface area contributed by atoms with Gasteiger partial charge in [0.2, 0.25) is 5.91 Å². The van der Waals surface area contributed by atoms with Crippen molar-refractivity contribution in [1.82, 2.24) is 4.90 Å². The minimum absolute atomic E-state index is 0.00560. The zero-order valence-corrected chi connectivity index (χ0v) is 14.1. The van der Waals surface area contributed by atoms with E-state index in [4.69, 9.17) is 5.73 Å². The first kappa shape index (κ1) is 16.5. The molecule has 1 unspecified atom stereocenters. The van der Waals surface area contributed by atoms with Gasteiger partial charge in [-0.05, 0) is 37.1 Å². The first-order chi connectivity index (χ1) is 9.88. The molecule has 2 rings (SSSR count). The second kappa shape index (κ2) is 6.89. The van der Waals surface area contributed by atoms with Gasteiger partial charge in [-0.3, -0.25) is 4.79 Å². The number of nitrogens with zero attached hydrogens (tertiary/aromatic N) is 1. The third kappa shape index (κ3) is 4.52. The van der Waals surface area contributed by atoms with Gasteiger partial charge in [0.25, 0.3) is 0 Å². The Morgan fingerprint density at radius 2 is 2.00 bits per heavy atom. The predicted molar refractivity (Wildman–Crippen MR) is 84.6 cm³/mol. The summed E-state index contributed by atoms with van der Waals surface area (Å²) in [6.07, 6.45) is 1.41. The molecule has 1 heterocycles. The summed E-state index contributed by atoms with van der Waals surface area (Å²) in [7, 11) is -3.32. The van der Waals surface area contributed by atoms with Crippen LogP contribution in [0.5, 0.6) is 0 Å². The molecule has 116 valence electrons. The molecule has 7 heteroatoms. The average molecular weight is 375 g/mol. The van der Waals surface area contributed by atoms with Crippen molar-refractivity contribution in [2.24, 2.45) is 5.73 Å². The second-order valence-electron chi connectivity index (χ2n) is 5.26. The molecule has 1 aliphatic rings. The Morgan fingerprint density at radius 1 is 1.33 bits per heavy atom. The highest BCUT2D eigenvalue weighted by atomic mass is 79.9. The highest BCUT2D eigenvalue weighted by Gasteiger charge is 2.23. The Hall–Kier alpha value is -0.920. The van der Waals surface area contributed by atoms with E-state index >= 15 is 0 Å². The summed E-state index contributed by atoms with van der Waals surface area (Å²) in [5, 5.41) is 0. The van der Waals surface area contributed by atoms with Gasteiger partial charge in [0.1, 0.15) is 0 Å². The molecular formula is C14H19BrN2O3S. The zero-order chi connectivity index (χ0) is 15.5. The van der Waals surface area contributed by atoms with Crippen molar-refractivity contribution in [2.45, 2.75) is 30.2 Å². The average Bonchev–Trinajstić information content (AvgIpc) is 2.86. The predicted octanol–water partition coefficient (Wildman–Crippen LogP) is 1.56. The lowest BCUT2D eigenvalue weighted by atomic mass is 10.3. The molecule has 0 saturated carbocycles. The lowest BCUT2D eigenvalue weighted by Crippen LogP contribution is -2.31. The van der Waals surface area contributed by atoms with Gasteiger partial charge in [-0.25, -0.2) is 8.42 Å². The molecule has 1 aromatic rings. The van der Waals surface area contributed by atoms with Crippen LogP contribution in [0.25, 0.3) is 0 Å². The molecule has 1 saturated heterocycles. The third-order valence-corrected chi connectivity index (χ3v) is 5.90. The fourth-order valence-electron chi connectivity index (χ4n) is 2.35. The molecule has 21 heavy (non-hydrogen) atoms. The number of rotatable bonds is 5. The highest BCUT2D eigenvalue weighted by Crippen LogP contribution is 2.17. The van der Waals surface area contributed by atoms with Gasteiger partial charge < -0.3 is 10.6 Å². The Balaban J connectivity index is 1.85. The third-order valence-electron chi connectivity index (χ3n) is 3.55. The van der Waals surface area contributed by atoms with Gasteiger partial charge >= 0.3 is 0 Å². The minimum Gasteiger partial charge on any atom is -0.341 e. The summed E-state index contributed by atoms with van der Waals surface area (Å²) in [6, 6.07) is 6.59. The number of amides is 1. The van der Waals surface area contributed by atoms with Gasteiger partial charge in [0.05, 0.1) is 10.6 Å². The number of hydrogen-bond donors (Lipinski definition) is 1. The molecule has 0 radical (unpaired) electrons. The van der Waals surface area contributed by atoms with E-state index in [2.05, 4.69) is 15.9 Å². The maximum absolute atomic E-state index is 12.1. The molecule has 1 amide bonds. The van der Waals surface area contributed by atoms with E-state index in [-0.39, 0.29) is 24.1 Å². The van der Waals surface area contributed by atoms with E-state index in [1.54, 1.807) is 29.2 Å². The molecule has 1 aliphatic heterocycles. The van der Waals surface area contributed by atoms with Crippen LogP contribution in [-0.2, 0) is 14.6 Å². The second-order valence-corrected chi connectivity index (χ2v) is 8.29. The van der Waals surface area contributed by atoms with E-state index in [9.17, 15) is 13.2 Å². The Bertz CT molecular complexity index is 601. The maximum atomic E-state index is 12.1. The summed E-state index contributed by atoms with van der Waals surface area (Å²) in [5.41, 5.74) is 5.76. The molecule has 1 atom stereocenters. The molecule has 2 N–H and O–H groups in total. The molecule has 5 nitrogen and oxygen atoms in total. The highest BCUT2D eigenvalue weighted by molar-refractivity contribution is 9.10. The minimum atomic E-state index is -3.32. The Morgan fingerprint density at radius 3 is 2.57 bits per heavy atom. The Kier molecular flexibility index (Phi) is 5.40.